The van der Waals surface area contributed by atoms with Gasteiger partial charge < -0.3 is 33.8 Å². The van der Waals surface area contributed by atoms with Gasteiger partial charge in [-0.05, 0) is 109 Å². The van der Waals surface area contributed by atoms with Crippen molar-refractivity contribution in [1.82, 2.24) is 0 Å². The van der Waals surface area contributed by atoms with Gasteiger partial charge in [0.05, 0.1) is 32.8 Å². The zero-order chi connectivity index (χ0) is 70.4. The Morgan fingerprint density at radius 1 is 0.312 bits per heavy atom. The Morgan fingerprint density at radius 3 is 0.969 bits per heavy atom. The lowest BCUT2D eigenvalue weighted by atomic mass is 10.1. The van der Waals surface area contributed by atoms with Crippen molar-refractivity contribution in [2.75, 3.05) is 39.6 Å². The van der Waals surface area contributed by atoms with Crippen LogP contribution in [0.15, 0.2) is 122 Å². The molecule has 19 heteroatoms. The number of carbonyl (C=O) groups is 4. The van der Waals surface area contributed by atoms with Crippen LogP contribution >= 0.6 is 15.6 Å². The van der Waals surface area contributed by atoms with Crippen molar-refractivity contribution >= 4 is 39.5 Å². The summed E-state index contributed by atoms with van der Waals surface area (Å²) in [5.41, 5.74) is 0. The highest BCUT2D eigenvalue weighted by atomic mass is 31.2. The number of aliphatic hydroxyl groups excluding tert-OH is 1. The lowest BCUT2D eigenvalue weighted by Crippen LogP contribution is -2.30. The Kier molecular flexibility index (Phi) is 65.7. The molecule has 17 nitrogen and oxygen atoms in total. The van der Waals surface area contributed by atoms with Crippen molar-refractivity contribution in [1.29, 1.82) is 0 Å². The molecule has 0 fully saturated rings. The number of phosphoric ester groups is 2. The summed E-state index contributed by atoms with van der Waals surface area (Å²) in [5, 5.41) is 10.6. The van der Waals surface area contributed by atoms with Crippen LogP contribution in [0.25, 0.3) is 0 Å². The van der Waals surface area contributed by atoms with Gasteiger partial charge in [-0.3, -0.25) is 37.3 Å². The first-order valence-corrected chi connectivity index (χ1v) is 39.8. The SMILES string of the molecule is CC/C=C\C/C=C\C/C=C\C/C=C\C/C=C\CC(=O)OCC(COP(=O)(O)OCC(O)COP(=O)(O)OCC(COC(=O)CCCCCCCC/C=C\C/C=C\C/C=C\C/C=C\CC)OC(=O)CCCCCCC/C=C\CCCC)OC(=O)CCCCCCCCCCCCC. The van der Waals surface area contributed by atoms with E-state index in [0.717, 1.165) is 154 Å². The molecule has 550 valence electrons. The fraction of sp³-hybridized carbons (Fsp3) is 0.688. The summed E-state index contributed by atoms with van der Waals surface area (Å²) in [6.07, 6.45) is 73.8. The van der Waals surface area contributed by atoms with Crippen LogP contribution in [0, 0.1) is 0 Å². The summed E-state index contributed by atoms with van der Waals surface area (Å²) in [7, 11) is -9.97. The maximum absolute atomic E-state index is 13.0. The van der Waals surface area contributed by atoms with Gasteiger partial charge in [0.15, 0.2) is 12.2 Å². The molecular weight excluding hydrogens is 1260 g/mol. The van der Waals surface area contributed by atoms with Crippen molar-refractivity contribution in [2.24, 2.45) is 0 Å². The highest BCUT2D eigenvalue weighted by Gasteiger charge is 2.30. The fourth-order valence-corrected chi connectivity index (χ4v) is 11.0. The first-order chi connectivity index (χ1) is 46.7. The Labute approximate surface area is 581 Å². The molecular formula is C77H130O17P2. The number of unbranched alkanes of at least 4 members (excludes halogenated alkanes) is 23. The van der Waals surface area contributed by atoms with Crippen molar-refractivity contribution < 1.29 is 80.2 Å². The minimum absolute atomic E-state index is 0.0705. The number of ether oxygens (including phenoxy) is 4. The first-order valence-electron chi connectivity index (χ1n) is 36.8. The van der Waals surface area contributed by atoms with E-state index in [1.54, 1.807) is 6.08 Å². The molecule has 3 N–H and O–H groups in total. The predicted octanol–water partition coefficient (Wildman–Crippen LogP) is 20.8. The summed E-state index contributed by atoms with van der Waals surface area (Å²) >= 11 is 0. The van der Waals surface area contributed by atoms with E-state index in [1.165, 1.54) is 51.4 Å². The third-order valence-electron chi connectivity index (χ3n) is 15.0. The van der Waals surface area contributed by atoms with Crippen LogP contribution in [-0.4, -0.2) is 96.7 Å². The Balaban J connectivity index is 5.35. The highest BCUT2D eigenvalue weighted by molar-refractivity contribution is 7.47. The molecule has 5 unspecified atom stereocenters. The number of carbonyl (C=O) groups excluding carboxylic acids is 4. The second-order valence-electron chi connectivity index (χ2n) is 24.1. The normalized spacial score (nSPS) is 14.7. The predicted molar refractivity (Wildman–Crippen MR) is 390 cm³/mol. The van der Waals surface area contributed by atoms with Crippen LogP contribution in [-0.2, 0) is 65.4 Å². The van der Waals surface area contributed by atoms with Crippen LogP contribution < -0.4 is 0 Å². The standard InChI is InChI=1S/C77H130O17P2/c1-5-9-13-17-21-25-29-31-33-34-35-36-38-40-44-46-50-54-58-62-75(80)88-68-73(94-77(82)64-60-56-52-48-42-28-24-20-16-12-8-4)70-92-96(85,86)90-66-71(78)65-89-95(83,84)91-69-72(93-76(81)63-59-55-51-47-41-27-23-19-15-11-7-3)67-87-74(79)61-57-53-49-45-43-39-37-32-30-26-22-18-14-10-6-2/h9-10,13-14,20-22,24-26,31-33,35-37,43,45,53,57,71-73,78H,5-8,11-12,15-19,23,27-30,34,38-42,44,46-52,54-56,58-70H2,1-4H3,(H,83,84)(H,85,86)/b13-9-,14-10-,24-20-,25-21-,26-22-,33-31-,36-35-,37-32-,45-43-,57-53-. The van der Waals surface area contributed by atoms with Gasteiger partial charge in [-0.25, -0.2) is 9.13 Å². The van der Waals surface area contributed by atoms with Gasteiger partial charge >= 0.3 is 39.5 Å². The lowest BCUT2D eigenvalue weighted by Gasteiger charge is -2.21. The lowest BCUT2D eigenvalue weighted by molar-refractivity contribution is -0.161. The summed E-state index contributed by atoms with van der Waals surface area (Å²) in [4.78, 5) is 72.6. The average Bonchev–Trinajstić information content (AvgIpc) is 1.56. The van der Waals surface area contributed by atoms with E-state index in [2.05, 4.69) is 125 Å². The molecule has 0 aliphatic rings. The number of rotatable bonds is 68. The van der Waals surface area contributed by atoms with Gasteiger partial charge in [-0.1, -0.05) is 271 Å². The summed E-state index contributed by atoms with van der Waals surface area (Å²) < 4.78 is 68.2. The van der Waals surface area contributed by atoms with E-state index in [9.17, 15) is 43.2 Å². The molecule has 5 atom stereocenters. The molecule has 0 saturated carbocycles. The third-order valence-corrected chi connectivity index (χ3v) is 16.9. The largest absolute Gasteiger partial charge is 0.472 e. The number of esters is 4. The highest BCUT2D eigenvalue weighted by Crippen LogP contribution is 2.45. The van der Waals surface area contributed by atoms with Crippen molar-refractivity contribution in [2.45, 2.75) is 303 Å². The van der Waals surface area contributed by atoms with E-state index in [0.29, 0.717) is 25.7 Å². The molecule has 0 spiro atoms. The molecule has 0 radical (unpaired) electrons. The van der Waals surface area contributed by atoms with Gasteiger partial charge in [0.25, 0.3) is 0 Å². The van der Waals surface area contributed by atoms with Crippen LogP contribution in [0.3, 0.4) is 0 Å². The van der Waals surface area contributed by atoms with Gasteiger partial charge in [0.1, 0.15) is 19.3 Å². The second-order valence-corrected chi connectivity index (χ2v) is 27.0. The van der Waals surface area contributed by atoms with Crippen LogP contribution in [0.2, 0.25) is 0 Å². The molecule has 96 heavy (non-hydrogen) atoms. The summed E-state index contributed by atoms with van der Waals surface area (Å²) in [5.74, 6) is -2.35. The van der Waals surface area contributed by atoms with Crippen molar-refractivity contribution in [3.05, 3.63) is 122 Å². The van der Waals surface area contributed by atoms with Crippen LogP contribution in [0.1, 0.15) is 285 Å². The van der Waals surface area contributed by atoms with Crippen LogP contribution in [0.5, 0.6) is 0 Å². The summed E-state index contributed by atoms with van der Waals surface area (Å²) in [6, 6.07) is 0. The first kappa shape index (κ1) is 91.5. The van der Waals surface area contributed by atoms with Gasteiger partial charge in [0, 0.05) is 19.3 Å². The Bertz CT molecular complexity index is 2300. The van der Waals surface area contributed by atoms with Crippen molar-refractivity contribution in [3.8, 4) is 0 Å². The quantitative estimate of drug-likeness (QED) is 0.0169. The average molecular weight is 1390 g/mol. The van der Waals surface area contributed by atoms with E-state index < -0.39 is 97.5 Å². The Morgan fingerprint density at radius 2 is 0.594 bits per heavy atom. The van der Waals surface area contributed by atoms with Crippen molar-refractivity contribution in [3.63, 3.8) is 0 Å². The van der Waals surface area contributed by atoms with E-state index in [1.807, 2.05) is 18.2 Å². The molecule has 0 aromatic carbocycles. The molecule has 0 saturated heterocycles. The number of phosphoric acid groups is 2. The van der Waals surface area contributed by atoms with Crippen LogP contribution in [0.4, 0.5) is 0 Å². The number of hydrogen-bond donors (Lipinski definition) is 3. The fourth-order valence-electron chi connectivity index (χ4n) is 9.38. The zero-order valence-corrected chi connectivity index (χ0v) is 61.5. The molecule has 0 aliphatic heterocycles. The summed E-state index contributed by atoms with van der Waals surface area (Å²) in [6.45, 7) is 4.44. The topological polar surface area (TPSA) is 237 Å². The molecule has 0 rings (SSSR count). The maximum atomic E-state index is 13.0. The van der Waals surface area contributed by atoms with Gasteiger partial charge in [-0.15, -0.1) is 0 Å². The number of aliphatic hydroxyl groups is 1. The monoisotopic (exact) mass is 1390 g/mol. The molecule has 0 aromatic rings. The molecule has 0 amide bonds. The Hall–Kier alpha value is -4.54. The molecule has 0 bridgehead atoms. The van der Waals surface area contributed by atoms with E-state index in [-0.39, 0.29) is 25.7 Å². The minimum atomic E-state index is -4.99. The van der Waals surface area contributed by atoms with Gasteiger partial charge in [0.2, 0.25) is 0 Å². The molecule has 0 aliphatic carbocycles. The third kappa shape index (κ3) is 68.0. The smallest absolute Gasteiger partial charge is 0.462 e. The zero-order valence-electron chi connectivity index (χ0n) is 59.8. The number of hydrogen-bond acceptors (Lipinski definition) is 15. The molecule has 0 aromatic heterocycles. The maximum Gasteiger partial charge on any atom is 0.472 e. The van der Waals surface area contributed by atoms with E-state index >= 15 is 0 Å². The second kappa shape index (κ2) is 69.0. The van der Waals surface area contributed by atoms with Gasteiger partial charge in [-0.2, -0.15) is 0 Å². The number of allylic oxidation sites excluding steroid dienone is 19. The minimum Gasteiger partial charge on any atom is -0.462 e. The van der Waals surface area contributed by atoms with E-state index in [4.69, 9.17) is 37.0 Å². The molecule has 0 heterocycles.